The van der Waals surface area contributed by atoms with Crippen molar-refractivity contribution in [3.05, 3.63) is 16.0 Å². The van der Waals surface area contributed by atoms with E-state index in [1.807, 2.05) is 6.07 Å². The molecule has 0 saturated carbocycles. The van der Waals surface area contributed by atoms with Crippen molar-refractivity contribution >= 4 is 23.0 Å². The number of halogens is 3. The number of hydrogen-bond acceptors (Lipinski definition) is 7. The summed E-state index contributed by atoms with van der Waals surface area (Å²) >= 11 is 0. The number of rotatable bonds is 2. The lowest BCUT2D eigenvalue weighted by atomic mass is 10.3. The van der Waals surface area contributed by atoms with Crippen molar-refractivity contribution < 1.29 is 23.1 Å². The van der Waals surface area contributed by atoms with Gasteiger partial charge in [0.25, 0.3) is 5.56 Å². The fourth-order valence-corrected chi connectivity index (χ4v) is 2.71. The standard InChI is InChI=1S/C15H17N7O.C2HF3O2/c1-3-4-7-22-13-12(11(10-16)19-20(2)14(13)23)18-15(22)21-8-5-17-6-9-21;3-2(4,5)1(6)7/h17H,5-9H2,1-2H3;(H,6,7). The number of hydrogen-bond donors (Lipinski definition) is 2. The van der Waals surface area contributed by atoms with E-state index in [0.29, 0.717) is 23.5 Å². The predicted octanol–water partition coefficient (Wildman–Crippen LogP) is 0.0679. The molecule has 30 heavy (non-hydrogen) atoms. The molecule has 0 aliphatic carbocycles. The molecule has 3 heterocycles. The Morgan fingerprint density at radius 1 is 1.33 bits per heavy atom. The van der Waals surface area contributed by atoms with Gasteiger partial charge in [0.15, 0.2) is 5.69 Å². The Bertz CT molecular complexity index is 1100. The van der Waals surface area contributed by atoms with Crippen molar-refractivity contribution in [2.45, 2.75) is 19.6 Å². The third-order valence-electron chi connectivity index (χ3n) is 4.08. The maximum absolute atomic E-state index is 12.5. The van der Waals surface area contributed by atoms with Gasteiger partial charge in [-0.05, 0) is 6.92 Å². The van der Waals surface area contributed by atoms with Gasteiger partial charge in [0.05, 0.1) is 6.54 Å². The van der Waals surface area contributed by atoms with Gasteiger partial charge in [-0.2, -0.15) is 23.5 Å². The zero-order valence-corrected chi connectivity index (χ0v) is 16.1. The second-order valence-corrected chi connectivity index (χ2v) is 6.05. The number of carboxylic acid groups (broad SMARTS) is 1. The van der Waals surface area contributed by atoms with Crippen molar-refractivity contribution in [2.75, 3.05) is 31.1 Å². The van der Waals surface area contributed by atoms with Crippen LogP contribution in [0.25, 0.3) is 11.0 Å². The molecule has 10 nitrogen and oxygen atoms in total. The number of aliphatic carboxylic acids is 1. The highest BCUT2D eigenvalue weighted by molar-refractivity contribution is 5.82. The van der Waals surface area contributed by atoms with Gasteiger partial charge in [-0.1, -0.05) is 5.92 Å². The second kappa shape index (κ2) is 9.28. The summed E-state index contributed by atoms with van der Waals surface area (Å²) in [4.78, 5) is 28.1. The third-order valence-corrected chi connectivity index (χ3v) is 4.08. The minimum Gasteiger partial charge on any atom is -0.475 e. The summed E-state index contributed by atoms with van der Waals surface area (Å²) in [6.45, 7) is 5.39. The van der Waals surface area contributed by atoms with Crippen LogP contribution in [0.2, 0.25) is 0 Å². The van der Waals surface area contributed by atoms with E-state index >= 15 is 0 Å². The summed E-state index contributed by atoms with van der Waals surface area (Å²) in [5, 5.41) is 23.7. The van der Waals surface area contributed by atoms with Crippen LogP contribution >= 0.6 is 0 Å². The summed E-state index contributed by atoms with van der Waals surface area (Å²) in [7, 11) is 1.54. The number of carbonyl (C=O) groups is 1. The number of anilines is 1. The summed E-state index contributed by atoms with van der Waals surface area (Å²) in [5.41, 5.74) is 0.616. The number of aryl methyl sites for hydroxylation is 1. The average Bonchev–Trinajstić information content (AvgIpc) is 3.09. The predicted molar refractivity (Wildman–Crippen MR) is 99.7 cm³/mol. The number of carboxylic acids is 1. The fourth-order valence-electron chi connectivity index (χ4n) is 2.71. The van der Waals surface area contributed by atoms with Crippen LogP contribution in [-0.2, 0) is 18.4 Å². The molecule has 1 fully saturated rings. The monoisotopic (exact) mass is 425 g/mol. The molecule has 0 radical (unpaired) electrons. The summed E-state index contributed by atoms with van der Waals surface area (Å²) in [6.07, 6.45) is -5.08. The van der Waals surface area contributed by atoms with E-state index in [4.69, 9.17) is 9.90 Å². The maximum Gasteiger partial charge on any atom is 0.490 e. The minimum atomic E-state index is -5.08. The molecular formula is C17H18F3N7O3. The molecule has 1 aliphatic rings. The van der Waals surface area contributed by atoms with Crippen LogP contribution in [-0.4, -0.2) is 62.8 Å². The first kappa shape index (κ1) is 22.7. The van der Waals surface area contributed by atoms with Crippen LogP contribution in [0, 0.1) is 23.2 Å². The molecule has 0 spiro atoms. The van der Waals surface area contributed by atoms with Crippen molar-refractivity contribution in [1.29, 1.82) is 5.26 Å². The molecule has 2 aromatic heterocycles. The van der Waals surface area contributed by atoms with Gasteiger partial charge < -0.3 is 15.3 Å². The van der Waals surface area contributed by atoms with E-state index in [2.05, 4.69) is 32.1 Å². The Morgan fingerprint density at radius 3 is 2.43 bits per heavy atom. The molecule has 1 aliphatic heterocycles. The van der Waals surface area contributed by atoms with Gasteiger partial charge in [0.2, 0.25) is 5.95 Å². The zero-order valence-electron chi connectivity index (χ0n) is 16.1. The summed E-state index contributed by atoms with van der Waals surface area (Å²) in [6, 6.07) is 2.02. The topological polar surface area (TPSA) is 129 Å². The van der Waals surface area contributed by atoms with Crippen molar-refractivity contribution in [2.24, 2.45) is 7.05 Å². The van der Waals surface area contributed by atoms with Crippen LogP contribution in [0.1, 0.15) is 12.6 Å². The first-order chi connectivity index (χ1) is 14.1. The van der Waals surface area contributed by atoms with E-state index in [1.54, 1.807) is 11.5 Å². The Balaban J connectivity index is 0.000000396. The van der Waals surface area contributed by atoms with Gasteiger partial charge >= 0.3 is 12.1 Å². The average molecular weight is 425 g/mol. The highest BCUT2D eigenvalue weighted by atomic mass is 19.4. The van der Waals surface area contributed by atoms with Crippen molar-refractivity contribution in [3.63, 3.8) is 0 Å². The molecule has 0 amide bonds. The molecule has 3 rings (SSSR count). The van der Waals surface area contributed by atoms with Crippen LogP contribution in [0.3, 0.4) is 0 Å². The Kier molecular flexibility index (Phi) is 7.02. The number of nitrogens with one attached hydrogen (secondary N) is 1. The summed E-state index contributed by atoms with van der Waals surface area (Å²) < 4.78 is 34.7. The number of alkyl halides is 3. The number of aromatic nitrogens is 4. The molecule has 0 atom stereocenters. The number of nitrogens with zero attached hydrogens (tertiary/aromatic N) is 6. The number of fused-ring (bicyclic) bond motifs is 1. The molecule has 1 saturated heterocycles. The van der Waals surface area contributed by atoms with Gasteiger partial charge in [-0.15, -0.1) is 5.92 Å². The lowest BCUT2D eigenvalue weighted by Crippen LogP contribution is -2.44. The number of nitriles is 1. The fraction of sp³-hybridized carbons (Fsp3) is 0.471. The quantitative estimate of drug-likeness (QED) is 0.647. The maximum atomic E-state index is 12.5. The van der Waals surface area contributed by atoms with E-state index in [-0.39, 0.29) is 11.3 Å². The minimum absolute atomic E-state index is 0.154. The van der Waals surface area contributed by atoms with Gasteiger partial charge in [0, 0.05) is 33.2 Å². The molecule has 0 aromatic carbocycles. The molecule has 0 bridgehead atoms. The molecule has 2 N–H and O–H groups in total. The highest BCUT2D eigenvalue weighted by Crippen LogP contribution is 2.22. The smallest absolute Gasteiger partial charge is 0.475 e. The largest absolute Gasteiger partial charge is 0.490 e. The van der Waals surface area contributed by atoms with Gasteiger partial charge in [0.1, 0.15) is 17.1 Å². The lowest BCUT2D eigenvalue weighted by Gasteiger charge is -2.28. The van der Waals surface area contributed by atoms with Crippen LogP contribution in [0.15, 0.2) is 4.79 Å². The van der Waals surface area contributed by atoms with Gasteiger partial charge in [-0.25, -0.2) is 14.5 Å². The van der Waals surface area contributed by atoms with Crippen molar-refractivity contribution in [3.8, 4) is 17.9 Å². The van der Waals surface area contributed by atoms with Crippen LogP contribution < -0.4 is 15.8 Å². The first-order valence-electron chi connectivity index (χ1n) is 8.64. The number of imidazole rings is 1. The Hall–Kier alpha value is -3.58. The molecule has 160 valence electrons. The Morgan fingerprint density at radius 2 is 1.93 bits per heavy atom. The molecule has 2 aromatic rings. The van der Waals surface area contributed by atoms with E-state index in [1.165, 1.54) is 11.7 Å². The van der Waals surface area contributed by atoms with E-state index in [0.717, 1.165) is 26.2 Å². The zero-order chi connectivity index (χ0) is 22.5. The SMILES string of the molecule is CC#CCn1c(N2CCNCC2)nc2c(C#N)nn(C)c(=O)c21.O=C(O)C(F)(F)F. The molecule has 13 heteroatoms. The Labute approximate surface area is 168 Å². The summed E-state index contributed by atoms with van der Waals surface area (Å²) in [5.74, 6) is 3.75. The highest BCUT2D eigenvalue weighted by Gasteiger charge is 2.38. The lowest BCUT2D eigenvalue weighted by molar-refractivity contribution is -0.192. The normalized spacial score (nSPS) is 13.7. The molecular weight excluding hydrogens is 407 g/mol. The van der Waals surface area contributed by atoms with E-state index < -0.39 is 12.1 Å². The van der Waals surface area contributed by atoms with Crippen molar-refractivity contribution in [1.82, 2.24) is 24.6 Å². The first-order valence-corrected chi connectivity index (χ1v) is 8.64. The van der Waals surface area contributed by atoms with Crippen LogP contribution in [0.5, 0.6) is 0 Å². The third kappa shape index (κ3) is 4.87. The van der Waals surface area contributed by atoms with E-state index in [9.17, 15) is 23.2 Å². The second-order valence-electron chi connectivity index (χ2n) is 6.05. The van der Waals surface area contributed by atoms with Crippen LogP contribution in [0.4, 0.5) is 19.1 Å². The van der Waals surface area contributed by atoms with Gasteiger partial charge in [-0.3, -0.25) is 9.36 Å². The number of piperazine rings is 1. The molecule has 0 unspecified atom stereocenters.